The monoisotopic (exact) mass is 368 g/mol. The van der Waals surface area contributed by atoms with Gasteiger partial charge < -0.3 is 9.84 Å². The number of fused-ring (bicyclic) bond motifs is 1. The third-order valence-electron chi connectivity index (χ3n) is 4.83. The van der Waals surface area contributed by atoms with Crippen LogP contribution >= 0.6 is 0 Å². The molecule has 3 heteroatoms. The van der Waals surface area contributed by atoms with Crippen molar-refractivity contribution in [1.82, 2.24) is 0 Å². The van der Waals surface area contributed by atoms with Crippen LogP contribution in [0.5, 0.6) is 5.75 Å². The second-order valence-electron chi connectivity index (χ2n) is 6.81. The van der Waals surface area contributed by atoms with E-state index < -0.39 is 5.97 Å². The Kier molecular flexibility index (Phi) is 4.81. The summed E-state index contributed by atoms with van der Waals surface area (Å²) in [6, 6.07) is 27.5. The maximum atomic E-state index is 11.7. The van der Waals surface area contributed by atoms with E-state index in [0.717, 1.165) is 33.0 Å². The highest BCUT2D eigenvalue weighted by molar-refractivity contribution is 5.92. The van der Waals surface area contributed by atoms with Crippen LogP contribution in [0.1, 0.15) is 21.5 Å². The maximum Gasteiger partial charge on any atom is 0.339 e. The lowest BCUT2D eigenvalue weighted by atomic mass is 10.0. The molecule has 28 heavy (non-hydrogen) atoms. The van der Waals surface area contributed by atoms with E-state index >= 15 is 0 Å². The number of carboxylic acids is 1. The fraction of sp³-hybridized carbons (Fsp3) is 0.0800. The number of carbonyl (C=O) groups is 1. The molecule has 0 atom stereocenters. The van der Waals surface area contributed by atoms with Gasteiger partial charge in [0.25, 0.3) is 0 Å². The zero-order valence-corrected chi connectivity index (χ0v) is 15.6. The van der Waals surface area contributed by atoms with Gasteiger partial charge in [0.15, 0.2) is 0 Å². The number of hydrogen-bond acceptors (Lipinski definition) is 2. The lowest BCUT2D eigenvalue weighted by Gasteiger charge is -2.13. The molecule has 0 radical (unpaired) electrons. The Morgan fingerprint density at radius 2 is 1.61 bits per heavy atom. The van der Waals surface area contributed by atoms with Gasteiger partial charge in [-0.15, -0.1) is 0 Å². The molecule has 0 aliphatic heterocycles. The van der Waals surface area contributed by atoms with Crippen molar-refractivity contribution in [3.8, 4) is 16.9 Å². The van der Waals surface area contributed by atoms with Gasteiger partial charge in [0.1, 0.15) is 17.9 Å². The molecule has 4 rings (SSSR count). The van der Waals surface area contributed by atoms with Crippen molar-refractivity contribution in [2.24, 2.45) is 0 Å². The molecule has 0 amide bonds. The predicted octanol–water partition coefficient (Wildman–Crippen LogP) is 6.09. The highest BCUT2D eigenvalue weighted by atomic mass is 16.5. The van der Waals surface area contributed by atoms with E-state index in [0.29, 0.717) is 12.4 Å². The summed E-state index contributed by atoms with van der Waals surface area (Å²) in [7, 11) is 0. The fourth-order valence-electron chi connectivity index (χ4n) is 3.40. The number of benzene rings is 4. The van der Waals surface area contributed by atoms with Gasteiger partial charge in [-0.25, -0.2) is 4.79 Å². The smallest absolute Gasteiger partial charge is 0.339 e. The minimum atomic E-state index is -0.997. The first-order valence-electron chi connectivity index (χ1n) is 9.15. The summed E-state index contributed by atoms with van der Waals surface area (Å²) in [6.45, 7) is 2.34. The number of aromatic carboxylic acids is 1. The largest absolute Gasteiger partial charge is 0.488 e. The summed E-state index contributed by atoms with van der Waals surface area (Å²) < 4.78 is 6.00. The molecule has 0 unspecified atom stereocenters. The van der Waals surface area contributed by atoms with Crippen molar-refractivity contribution < 1.29 is 14.6 Å². The van der Waals surface area contributed by atoms with Gasteiger partial charge in [-0.3, -0.25) is 0 Å². The van der Waals surface area contributed by atoms with E-state index in [-0.39, 0.29) is 5.56 Å². The summed E-state index contributed by atoms with van der Waals surface area (Å²) in [5.74, 6) is -0.622. The minimum absolute atomic E-state index is 0.164. The summed E-state index contributed by atoms with van der Waals surface area (Å²) in [5.41, 5.74) is 4.30. The van der Waals surface area contributed by atoms with Crippen LogP contribution in [0, 0.1) is 6.92 Å². The summed E-state index contributed by atoms with van der Waals surface area (Å²) >= 11 is 0. The van der Waals surface area contributed by atoms with Crippen LogP contribution in [0.15, 0.2) is 84.9 Å². The van der Waals surface area contributed by atoms with Gasteiger partial charge in [-0.05, 0) is 46.5 Å². The molecule has 0 heterocycles. The fourth-order valence-corrected chi connectivity index (χ4v) is 3.40. The zero-order chi connectivity index (χ0) is 19.5. The molecule has 0 aliphatic rings. The average Bonchev–Trinajstić information content (AvgIpc) is 2.72. The van der Waals surface area contributed by atoms with Crippen molar-refractivity contribution >= 4 is 16.7 Å². The minimum Gasteiger partial charge on any atom is -0.488 e. The number of ether oxygens (including phenoxy) is 1. The molecule has 1 N–H and O–H groups in total. The van der Waals surface area contributed by atoms with E-state index in [1.54, 1.807) is 6.07 Å². The molecule has 0 aliphatic carbocycles. The van der Waals surface area contributed by atoms with Crippen LogP contribution in [0.3, 0.4) is 0 Å². The molecule has 0 saturated carbocycles. The first-order chi connectivity index (χ1) is 13.6. The predicted molar refractivity (Wildman–Crippen MR) is 112 cm³/mol. The molecule has 0 spiro atoms. The van der Waals surface area contributed by atoms with Crippen LogP contribution < -0.4 is 4.74 Å². The Balaban J connectivity index is 1.69. The number of rotatable bonds is 5. The highest BCUT2D eigenvalue weighted by Gasteiger charge is 2.14. The molecule has 0 fully saturated rings. The lowest BCUT2D eigenvalue weighted by molar-refractivity contribution is 0.0692. The molecule has 4 aromatic carbocycles. The van der Waals surface area contributed by atoms with E-state index in [1.165, 1.54) is 0 Å². The van der Waals surface area contributed by atoms with Gasteiger partial charge in [-0.2, -0.15) is 0 Å². The highest BCUT2D eigenvalue weighted by Crippen LogP contribution is 2.29. The van der Waals surface area contributed by atoms with E-state index in [2.05, 4.69) is 24.3 Å². The molecule has 0 saturated heterocycles. The Bertz CT molecular complexity index is 1160. The van der Waals surface area contributed by atoms with Crippen molar-refractivity contribution in [3.05, 3.63) is 102 Å². The molecular formula is C25H20O3. The van der Waals surface area contributed by atoms with Crippen LogP contribution in [-0.2, 0) is 6.61 Å². The lowest BCUT2D eigenvalue weighted by Crippen LogP contribution is -2.04. The van der Waals surface area contributed by atoms with Crippen molar-refractivity contribution in [2.45, 2.75) is 13.5 Å². The van der Waals surface area contributed by atoms with Gasteiger partial charge in [0.2, 0.25) is 0 Å². The van der Waals surface area contributed by atoms with E-state index in [1.807, 2.05) is 61.5 Å². The van der Waals surface area contributed by atoms with Crippen molar-refractivity contribution in [2.75, 3.05) is 0 Å². The Morgan fingerprint density at radius 3 is 2.43 bits per heavy atom. The molecule has 0 bridgehead atoms. The molecule has 0 aromatic heterocycles. The zero-order valence-electron chi connectivity index (χ0n) is 15.6. The normalized spacial score (nSPS) is 10.8. The third kappa shape index (κ3) is 3.60. The standard InChI is InChI=1S/C25H20O3/c1-17-6-4-9-19(14-17)20-12-13-23(25(26)27)24(15-20)28-16-21-10-5-8-18-7-2-3-11-22(18)21/h2-15H,16H2,1H3,(H,26,27). The maximum absolute atomic E-state index is 11.7. The van der Waals surface area contributed by atoms with Crippen LogP contribution in [0.4, 0.5) is 0 Å². The molecule has 3 nitrogen and oxygen atoms in total. The van der Waals surface area contributed by atoms with Gasteiger partial charge in [-0.1, -0.05) is 78.4 Å². The van der Waals surface area contributed by atoms with Gasteiger partial charge >= 0.3 is 5.97 Å². The van der Waals surface area contributed by atoms with Gasteiger partial charge in [0.05, 0.1) is 0 Å². The van der Waals surface area contributed by atoms with Gasteiger partial charge in [0, 0.05) is 0 Å². The Labute approximate surface area is 163 Å². The van der Waals surface area contributed by atoms with E-state index in [9.17, 15) is 9.90 Å². The van der Waals surface area contributed by atoms with Crippen LogP contribution in [0.2, 0.25) is 0 Å². The van der Waals surface area contributed by atoms with Crippen LogP contribution in [0.25, 0.3) is 21.9 Å². The van der Waals surface area contributed by atoms with Crippen molar-refractivity contribution in [1.29, 1.82) is 0 Å². The Hall–Kier alpha value is -3.59. The first-order valence-corrected chi connectivity index (χ1v) is 9.15. The van der Waals surface area contributed by atoms with E-state index in [4.69, 9.17) is 4.74 Å². The van der Waals surface area contributed by atoms with Crippen LogP contribution in [-0.4, -0.2) is 11.1 Å². The van der Waals surface area contributed by atoms with Crippen molar-refractivity contribution in [3.63, 3.8) is 0 Å². The number of hydrogen-bond donors (Lipinski definition) is 1. The summed E-state index contributed by atoms with van der Waals surface area (Å²) in [4.78, 5) is 11.7. The quantitative estimate of drug-likeness (QED) is 0.463. The topological polar surface area (TPSA) is 46.5 Å². The molecular weight excluding hydrogens is 348 g/mol. The molecule has 138 valence electrons. The first kappa shape index (κ1) is 17.8. The second kappa shape index (κ2) is 7.57. The molecule has 4 aromatic rings. The Morgan fingerprint density at radius 1 is 0.857 bits per heavy atom. The average molecular weight is 368 g/mol. The summed E-state index contributed by atoms with van der Waals surface area (Å²) in [5, 5.41) is 11.8. The third-order valence-corrected chi connectivity index (χ3v) is 4.83. The SMILES string of the molecule is Cc1cccc(-c2ccc(C(=O)O)c(OCc3cccc4ccccc34)c2)c1. The summed E-state index contributed by atoms with van der Waals surface area (Å²) in [6.07, 6.45) is 0. The number of carboxylic acid groups (broad SMARTS) is 1. The second-order valence-corrected chi connectivity index (χ2v) is 6.81. The number of aryl methyl sites for hydroxylation is 1.